The van der Waals surface area contributed by atoms with Gasteiger partial charge < -0.3 is 10.2 Å². The van der Waals surface area contributed by atoms with E-state index in [-0.39, 0.29) is 29.9 Å². The van der Waals surface area contributed by atoms with Crippen LogP contribution in [-0.4, -0.2) is 61.5 Å². The van der Waals surface area contributed by atoms with E-state index < -0.39 is 33.4 Å². The highest BCUT2D eigenvalue weighted by Crippen LogP contribution is 2.23. The van der Waals surface area contributed by atoms with Crippen molar-refractivity contribution in [3.8, 4) is 0 Å². The zero-order chi connectivity index (χ0) is 26.2. The van der Waals surface area contributed by atoms with Crippen molar-refractivity contribution in [3.63, 3.8) is 0 Å². The zero-order valence-electron chi connectivity index (χ0n) is 20.4. The molecule has 0 radical (unpaired) electrons. The number of nitrogens with zero attached hydrogens (tertiary/aromatic N) is 3. The van der Waals surface area contributed by atoms with Gasteiger partial charge in [-0.3, -0.25) is 24.0 Å². The average Bonchev–Trinajstić information content (AvgIpc) is 2.82. The number of carbonyl (C=O) groups excluding carboxylic acids is 2. The molecule has 0 saturated heterocycles. The van der Waals surface area contributed by atoms with Gasteiger partial charge in [-0.2, -0.15) is 0 Å². The predicted molar refractivity (Wildman–Crippen MR) is 135 cm³/mol. The molecule has 2 amide bonds. The van der Waals surface area contributed by atoms with Crippen molar-refractivity contribution in [2.45, 2.75) is 45.7 Å². The van der Waals surface area contributed by atoms with Crippen molar-refractivity contribution in [2.75, 3.05) is 23.7 Å². The Morgan fingerprint density at radius 2 is 1.74 bits per heavy atom. The van der Waals surface area contributed by atoms with Crippen molar-refractivity contribution in [1.82, 2.24) is 10.2 Å². The van der Waals surface area contributed by atoms with Gasteiger partial charge in [0, 0.05) is 24.7 Å². The molecule has 0 unspecified atom stereocenters. The number of hydrogen-bond acceptors (Lipinski definition) is 6. The predicted octanol–water partition coefficient (Wildman–Crippen LogP) is 2.74. The van der Waals surface area contributed by atoms with E-state index in [1.54, 1.807) is 6.92 Å². The van der Waals surface area contributed by atoms with E-state index >= 15 is 0 Å². The van der Waals surface area contributed by atoms with E-state index in [0.717, 1.165) is 22.2 Å². The van der Waals surface area contributed by atoms with Crippen LogP contribution in [0.3, 0.4) is 0 Å². The Balaban J connectivity index is 2.35. The maximum atomic E-state index is 13.4. The second-order valence-corrected chi connectivity index (χ2v) is 10.3. The van der Waals surface area contributed by atoms with E-state index in [9.17, 15) is 28.1 Å². The number of nitro benzene ring substituents is 1. The molecule has 2 rings (SSSR count). The molecule has 35 heavy (non-hydrogen) atoms. The van der Waals surface area contributed by atoms with Gasteiger partial charge in [0.2, 0.25) is 21.8 Å². The molecule has 0 fully saturated rings. The summed E-state index contributed by atoms with van der Waals surface area (Å²) in [5.41, 5.74) is 0.652. The summed E-state index contributed by atoms with van der Waals surface area (Å²) < 4.78 is 25.9. The fourth-order valence-corrected chi connectivity index (χ4v) is 4.25. The van der Waals surface area contributed by atoms with Gasteiger partial charge >= 0.3 is 0 Å². The summed E-state index contributed by atoms with van der Waals surface area (Å²) in [6.45, 7) is 4.96. The van der Waals surface area contributed by atoms with Crippen LogP contribution in [0, 0.1) is 10.1 Å². The van der Waals surface area contributed by atoms with Crippen LogP contribution in [0.25, 0.3) is 0 Å². The number of rotatable bonds is 12. The van der Waals surface area contributed by atoms with Gasteiger partial charge in [-0.15, -0.1) is 0 Å². The zero-order valence-corrected chi connectivity index (χ0v) is 21.2. The fourth-order valence-electron chi connectivity index (χ4n) is 3.41. The quantitative estimate of drug-likeness (QED) is 0.349. The molecular weight excluding hydrogens is 472 g/mol. The van der Waals surface area contributed by atoms with Crippen molar-refractivity contribution in [3.05, 3.63) is 70.3 Å². The molecule has 2 atom stereocenters. The molecule has 0 aliphatic rings. The van der Waals surface area contributed by atoms with Crippen LogP contribution >= 0.6 is 0 Å². The number of amides is 2. The van der Waals surface area contributed by atoms with E-state index in [4.69, 9.17) is 0 Å². The van der Waals surface area contributed by atoms with E-state index in [1.807, 2.05) is 44.2 Å². The van der Waals surface area contributed by atoms with Crippen molar-refractivity contribution < 1.29 is 22.9 Å². The lowest BCUT2D eigenvalue weighted by atomic mass is 10.1. The summed E-state index contributed by atoms with van der Waals surface area (Å²) in [4.78, 5) is 38.1. The number of nitro groups is 1. The van der Waals surface area contributed by atoms with Crippen LogP contribution in [0.4, 0.5) is 11.4 Å². The van der Waals surface area contributed by atoms with Crippen LogP contribution in [-0.2, 0) is 26.0 Å². The first kappa shape index (κ1) is 27.8. The first-order valence-electron chi connectivity index (χ1n) is 11.3. The van der Waals surface area contributed by atoms with Gasteiger partial charge in [-0.1, -0.05) is 43.3 Å². The molecule has 11 heteroatoms. The Bertz CT molecular complexity index is 1140. The Morgan fingerprint density at radius 3 is 2.31 bits per heavy atom. The van der Waals surface area contributed by atoms with Gasteiger partial charge in [0.15, 0.2) is 0 Å². The standard InChI is InChI=1S/C24H32N4O6S/c1-5-18(2)25-24(30)19(3)26(15-14-20-10-7-6-8-11-20)23(29)17-27(35(4,33)34)21-12-9-13-22(16-21)28(31)32/h6-13,16,18-19H,5,14-15,17H2,1-4H3,(H,25,30)/t18-,19-/m1/s1. The maximum Gasteiger partial charge on any atom is 0.271 e. The Morgan fingerprint density at radius 1 is 1.09 bits per heavy atom. The van der Waals surface area contributed by atoms with Crippen LogP contribution in [0.15, 0.2) is 54.6 Å². The molecule has 2 aromatic rings. The smallest absolute Gasteiger partial charge is 0.271 e. The molecule has 190 valence electrons. The summed E-state index contributed by atoms with van der Waals surface area (Å²) in [5, 5.41) is 14.0. The molecular formula is C24H32N4O6S. The largest absolute Gasteiger partial charge is 0.352 e. The lowest BCUT2D eigenvalue weighted by Gasteiger charge is -2.32. The minimum Gasteiger partial charge on any atom is -0.352 e. The number of hydrogen-bond donors (Lipinski definition) is 1. The Labute approximate surface area is 206 Å². The molecule has 0 saturated carbocycles. The monoisotopic (exact) mass is 504 g/mol. The van der Waals surface area contributed by atoms with Gasteiger partial charge in [-0.25, -0.2) is 8.42 Å². The summed E-state index contributed by atoms with van der Waals surface area (Å²) in [6.07, 6.45) is 2.10. The number of sulfonamides is 1. The van der Waals surface area contributed by atoms with Crippen LogP contribution in [0.5, 0.6) is 0 Å². The highest BCUT2D eigenvalue weighted by atomic mass is 32.2. The third-order valence-corrected chi connectivity index (χ3v) is 6.80. The molecule has 0 heterocycles. The lowest BCUT2D eigenvalue weighted by Crippen LogP contribution is -2.53. The lowest BCUT2D eigenvalue weighted by molar-refractivity contribution is -0.384. The van der Waals surface area contributed by atoms with Crippen molar-refractivity contribution in [2.24, 2.45) is 0 Å². The molecule has 0 aliphatic carbocycles. The maximum absolute atomic E-state index is 13.4. The van der Waals surface area contributed by atoms with Crippen molar-refractivity contribution in [1.29, 1.82) is 0 Å². The molecule has 10 nitrogen and oxygen atoms in total. The highest BCUT2D eigenvalue weighted by Gasteiger charge is 2.30. The molecule has 1 N–H and O–H groups in total. The normalized spacial score (nSPS) is 12.9. The first-order valence-corrected chi connectivity index (χ1v) is 13.1. The second-order valence-electron chi connectivity index (χ2n) is 8.36. The molecule has 0 aromatic heterocycles. The van der Waals surface area contributed by atoms with Crippen molar-refractivity contribution >= 4 is 33.2 Å². The summed E-state index contributed by atoms with van der Waals surface area (Å²) in [6, 6.07) is 13.5. The summed E-state index contributed by atoms with van der Waals surface area (Å²) in [5.74, 6) is -0.938. The topological polar surface area (TPSA) is 130 Å². The minimum absolute atomic E-state index is 0.00484. The number of benzene rings is 2. The average molecular weight is 505 g/mol. The molecule has 0 aliphatic heterocycles. The molecule has 0 spiro atoms. The van der Waals surface area contributed by atoms with Gasteiger partial charge in [0.05, 0.1) is 16.9 Å². The van der Waals surface area contributed by atoms with E-state index in [1.165, 1.54) is 23.1 Å². The minimum atomic E-state index is -3.96. The van der Waals surface area contributed by atoms with E-state index in [0.29, 0.717) is 12.8 Å². The second kappa shape index (κ2) is 12.3. The molecule has 0 bridgehead atoms. The van der Waals surface area contributed by atoms with Gasteiger partial charge in [0.1, 0.15) is 12.6 Å². The third-order valence-electron chi connectivity index (χ3n) is 5.66. The summed E-state index contributed by atoms with van der Waals surface area (Å²) in [7, 11) is -3.96. The number of nitrogens with one attached hydrogen (secondary N) is 1. The third kappa shape index (κ3) is 8.06. The summed E-state index contributed by atoms with van der Waals surface area (Å²) >= 11 is 0. The number of non-ortho nitro benzene ring substituents is 1. The highest BCUT2D eigenvalue weighted by molar-refractivity contribution is 7.92. The SMILES string of the molecule is CC[C@@H](C)NC(=O)[C@@H](C)N(CCc1ccccc1)C(=O)CN(c1cccc([N+](=O)[O-])c1)S(C)(=O)=O. The van der Waals surface area contributed by atoms with Gasteiger partial charge in [0.25, 0.3) is 5.69 Å². The van der Waals surface area contributed by atoms with Crippen LogP contribution in [0.2, 0.25) is 0 Å². The Hall–Kier alpha value is -3.47. The van der Waals surface area contributed by atoms with Gasteiger partial charge in [-0.05, 0) is 38.3 Å². The van der Waals surface area contributed by atoms with Crippen LogP contribution < -0.4 is 9.62 Å². The molecule has 2 aromatic carbocycles. The van der Waals surface area contributed by atoms with Crippen LogP contribution in [0.1, 0.15) is 32.8 Å². The fraction of sp³-hybridized carbons (Fsp3) is 0.417. The Kier molecular flexibility index (Phi) is 9.76. The first-order chi connectivity index (χ1) is 16.4. The number of anilines is 1. The van der Waals surface area contributed by atoms with E-state index in [2.05, 4.69) is 5.32 Å². The number of carbonyl (C=O) groups is 2.